The zero-order valence-electron chi connectivity index (χ0n) is 34.7. The van der Waals surface area contributed by atoms with Crippen LogP contribution < -0.4 is 21.5 Å². The predicted molar refractivity (Wildman–Crippen MR) is 230 cm³/mol. The third-order valence-electron chi connectivity index (χ3n) is 11.1. The van der Waals surface area contributed by atoms with Gasteiger partial charge in [-0.1, -0.05) is 39.8 Å². The number of nitrogens with two attached hydrogens (primary N) is 1. The van der Waals surface area contributed by atoms with Crippen LogP contribution >= 0.6 is 11.3 Å². The van der Waals surface area contributed by atoms with Crippen LogP contribution in [0.5, 0.6) is 0 Å². The van der Waals surface area contributed by atoms with Crippen LogP contribution in [0, 0.1) is 29.7 Å². The molecule has 3 unspecified atom stereocenters. The first-order valence-electron chi connectivity index (χ1n) is 19.9. The van der Waals surface area contributed by atoms with Gasteiger partial charge in [-0.05, 0) is 63.9 Å². The second-order valence-corrected chi connectivity index (χ2v) is 16.9. The number of methoxy groups -OCH3 is 1. The highest BCUT2D eigenvalue weighted by Gasteiger charge is 2.31. The van der Waals surface area contributed by atoms with Crippen LogP contribution in [0.2, 0.25) is 0 Å². The van der Waals surface area contributed by atoms with Crippen molar-refractivity contribution in [2.24, 2.45) is 23.1 Å². The van der Waals surface area contributed by atoms with Gasteiger partial charge in [0.25, 0.3) is 6.47 Å². The summed E-state index contributed by atoms with van der Waals surface area (Å²) < 4.78 is 13.7. The Bertz CT molecular complexity index is 2060. The fourth-order valence-electron chi connectivity index (χ4n) is 7.80. The van der Waals surface area contributed by atoms with Gasteiger partial charge in [-0.15, -0.1) is 11.3 Å². The Morgan fingerprint density at radius 2 is 1.96 bits per heavy atom. The van der Waals surface area contributed by atoms with E-state index in [1.807, 2.05) is 25.4 Å². The number of fused-ring (bicyclic) bond motifs is 1. The number of hydrogen-bond acceptors (Lipinski definition) is 12. The molecule has 0 amide bonds. The van der Waals surface area contributed by atoms with Gasteiger partial charge >= 0.3 is 0 Å². The number of anilines is 1. The maximum absolute atomic E-state index is 13.7. The number of piperazine rings is 1. The summed E-state index contributed by atoms with van der Waals surface area (Å²) in [6.07, 6.45) is 9.81. The number of nitrogens with zero attached hydrogens (tertiary/aromatic N) is 5. The lowest BCUT2D eigenvalue weighted by Gasteiger charge is -2.34. The van der Waals surface area contributed by atoms with Crippen molar-refractivity contribution in [3.05, 3.63) is 64.4 Å². The molecule has 0 spiro atoms. The van der Waals surface area contributed by atoms with Crippen LogP contribution in [0.4, 0.5) is 5.69 Å². The minimum absolute atomic E-state index is 0.0746. The summed E-state index contributed by atoms with van der Waals surface area (Å²) in [4.78, 5) is 40.0. The summed E-state index contributed by atoms with van der Waals surface area (Å²) in [7, 11) is 3.88. The molecule has 1 aromatic carbocycles. The van der Waals surface area contributed by atoms with Gasteiger partial charge in [0, 0.05) is 103 Å². The van der Waals surface area contributed by atoms with E-state index in [1.165, 1.54) is 11.3 Å². The number of carbonyl (C=O) groups excluding carboxylic acids is 2. The van der Waals surface area contributed by atoms with Crippen molar-refractivity contribution in [1.29, 1.82) is 0 Å². The minimum atomic E-state index is -0.522. The highest BCUT2D eigenvalue weighted by molar-refractivity contribution is 7.10. The third kappa shape index (κ3) is 10.3. The van der Waals surface area contributed by atoms with E-state index in [2.05, 4.69) is 89.8 Å². The van der Waals surface area contributed by atoms with Gasteiger partial charge in [0.15, 0.2) is 0 Å². The number of nitrogens with one attached hydrogen (secondary N) is 2. The molecule has 12 nitrogen and oxygen atoms in total. The molecule has 1 aliphatic rings. The highest BCUT2D eigenvalue weighted by Crippen LogP contribution is 2.43. The van der Waals surface area contributed by atoms with Crippen molar-refractivity contribution < 1.29 is 19.1 Å². The number of terminal acetylenes is 1. The Hall–Kier alpha value is -4.58. The fraction of sp³-hybridized carbons (Fsp3) is 0.500. The first kappa shape index (κ1) is 43.5. The molecule has 0 bridgehead atoms. The largest absolute Gasteiger partial charge is 0.467 e. The van der Waals surface area contributed by atoms with Gasteiger partial charge in [-0.3, -0.25) is 25.8 Å². The lowest BCUT2D eigenvalue weighted by molar-refractivity contribution is -0.131. The quantitative estimate of drug-likeness (QED) is 0.0217. The standard InChI is InChI=1S/C44H60N8O4S/c1-10-46-30(4)34(43(54)29(3)13-12-16-48-45)23-40-49-38(26-57-40)32-14-15-39-35(21-32)37(24-44(6,7)27-56-28-53)42(52(39)11-2)36-22-33(25-47-41(36)31(5)55-9)51-19-17-50(8)18-20-51/h1,14-15,21-22,25-26,28-29,31,34,46,48H,4,11-13,16-20,23-24,27,45H2,2-3,5-9H3. The number of allylic oxidation sites excluding steroid dienone is 1. The third-order valence-corrected chi connectivity index (χ3v) is 12.0. The van der Waals surface area contributed by atoms with E-state index in [1.54, 1.807) is 7.11 Å². The van der Waals surface area contributed by atoms with E-state index in [-0.39, 0.29) is 29.8 Å². The average molecular weight is 797 g/mol. The summed E-state index contributed by atoms with van der Waals surface area (Å²) in [5.74, 6) is 4.82. The monoisotopic (exact) mass is 796 g/mol. The van der Waals surface area contributed by atoms with Crippen molar-refractivity contribution in [2.75, 3.05) is 58.4 Å². The molecule has 0 radical (unpaired) electrons. The van der Waals surface area contributed by atoms with Crippen molar-refractivity contribution >= 4 is 40.2 Å². The summed E-state index contributed by atoms with van der Waals surface area (Å²) in [6, 6.07) is 11.2. The van der Waals surface area contributed by atoms with Crippen LogP contribution in [-0.2, 0) is 38.4 Å². The van der Waals surface area contributed by atoms with E-state index in [0.717, 1.165) is 94.5 Å². The van der Waals surface area contributed by atoms with Gasteiger partial charge in [0.05, 0.1) is 52.6 Å². The molecular weight excluding hydrogens is 737 g/mol. The number of pyridine rings is 1. The van der Waals surface area contributed by atoms with Crippen molar-refractivity contribution in [1.82, 2.24) is 30.2 Å². The van der Waals surface area contributed by atoms with Crippen molar-refractivity contribution in [3.63, 3.8) is 0 Å². The second kappa shape index (κ2) is 19.7. The molecule has 306 valence electrons. The summed E-state index contributed by atoms with van der Waals surface area (Å²) in [5, 5.41) is 6.81. The summed E-state index contributed by atoms with van der Waals surface area (Å²) >= 11 is 1.53. The number of benzene rings is 1. The maximum atomic E-state index is 13.7. The normalized spacial score (nSPS) is 15.2. The zero-order valence-corrected chi connectivity index (χ0v) is 35.5. The number of likely N-dealkylation sites (N-methyl/N-ethyl adjacent to an activating group) is 1. The molecule has 3 aromatic heterocycles. The zero-order chi connectivity index (χ0) is 41.3. The first-order chi connectivity index (χ1) is 27.4. The Morgan fingerprint density at radius 1 is 1.21 bits per heavy atom. The lowest BCUT2D eigenvalue weighted by atomic mass is 9.84. The van der Waals surface area contributed by atoms with Crippen LogP contribution in [0.3, 0.4) is 0 Å². The first-order valence-corrected chi connectivity index (χ1v) is 20.7. The maximum Gasteiger partial charge on any atom is 0.293 e. The second-order valence-electron chi connectivity index (χ2n) is 15.9. The molecular formula is C44H60N8O4S. The van der Waals surface area contributed by atoms with E-state index < -0.39 is 5.92 Å². The van der Waals surface area contributed by atoms with Crippen molar-refractivity contribution in [2.45, 2.75) is 73.0 Å². The fourth-order valence-corrected chi connectivity index (χ4v) is 8.65. The van der Waals surface area contributed by atoms with E-state index in [0.29, 0.717) is 38.0 Å². The van der Waals surface area contributed by atoms with Gasteiger partial charge in [0.2, 0.25) is 0 Å². The number of rotatable bonds is 21. The van der Waals surface area contributed by atoms with Crippen LogP contribution in [0.15, 0.2) is 48.1 Å². The van der Waals surface area contributed by atoms with Gasteiger partial charge in [-0.25, -0.2) is 4.98 Å². The molecule has 1 fully saturated rings. The minimum Gasteiger partial charge on any atom is -0.467 e. The molecule has 4 aromatic rings. The van der Waals surface area contributed by atoms with Crippen LogP contribution in [0.1, 0.15) is 69.8 Å². The number of ether oxygens (including phenoxy) is 2. The van der Waals surface area contributed by atoms with Gasteiger partial charge in [-0.2, -0.15) is 0 Å². The van der Waals surface area contributed by atoms with E-state index in [9.17, 15) is 9.59 Å². The van der Waals surface area contributed by atoms with Crippen molar-refractivity contribution in [3.8, 4) is 35.0 Å². The molecule has 57 heavy (non-hydrogen) atoms. The molecule has 5 rings (SSSR count). The molecule has 1 saturated heterocycles. The van der Waals surface area contributed by atoms with Crippen LogP contribution in [-0.4, -0.2) is 85.2 Å². The number of Topliss-reactive ketones (excluding diaryl/α,β-unsaturated/α-hetero) is 1. The Labute approximate surface area is 342 Å². The van der Waals surface area contributed by atoms with Gasteiger partial charge in [0.1, 0.15) is 5.78 Å². The molecule has 13 heteroatoms. The number of thiazole rings is 1. The van der Waals surface area contributed by atoms with E-state index in [4.69, 9.17) is 31.7 Å². The molecule has 3 atom stereocenters. The van der Waals surface area contributed by atoms with Gasteiger partial charge < -0.3 is 29.2 Å². The molecule has 1 aliphatic heterocycles. The Balaban J connectivity index is 1.62. The smallest absolute Gasteiger partial charge is 0.293 e. The summed E-state index contributed by atoms with van der Waals surface area (Å²) in [5.41, 5.74) is 10.9. The number of aromatic nitrogens is 3. The number of carbonyl (C=O) groups is 2. The summed E-state index contributed by atoms with van der Waals surface area (Å²) in [6.45, 7) is 20.5. The Kier molecular flexibility index (Phi) is 15.1. The lowest BCUT2D eigenvalue weighted by Crippen LogP contribution is -2.44. The molecule has 4 N–H and O–H groups in total. The molecule has 0 saturated carbocycles. The number of hydrogen-bond donors (Lipinski definition) is 3. The highest BCUT2D eigenvalue weighted by atomic mass is 32.1. The van der Waals surface area contributed by atoms with E-state index >= 15 is 0 Å². The molecule has 4 heterocycles. The molecule has 0 aliphatic carbocycles. The predicted octanol–water partition coefficient (Wildman–Crippen LogP) is 6.35. The van der Waals surface area contributed by atoms with Crippen LogP contribution in [0.25, 0.3) is 33.4 Å². The number of ketones is 1. The number of hydrazine groups is 1. The Morgan fingerprint density at radius 3 is 2.63 bits per heavy atom. The topological polar surface area (TPSA) is 140 Å². The SMILES string of the molecule is C#CNC(=C)C(Cc1nc(-c2ccc3c(c2)c(CC(C)(C)COC=O)c(-c2cc(N4CCN(C)CC4)cnc2C(C)OC)n3CC)cs1)C(=O)C(C)CCCNN. The average Bonchev–Trinajstić information content (AvgIpc) is 3.80. The number of aryl methyl sites for hydroxylation is 1.